The molecule has 5 nitrogen and oxygen atoms in total. The van der Waals surface area contributed by atoms with Crippen molar-refractivity contribution in [2.75, 3.05) is 5.32 Å². The average Bonchev–Trinajstić information content (AvgIpc) is 3.45. The molecular weight excluding hydrogens is 466 g/mol. The zero-order chi connectivity index (χ0) is 24.4. The first-order valence-corrected chi connectivity index (χ1v) is 10.1. The van der Waals surface area contributed by atoms with Crippen LogP contribution in [0.1, 0.15) is 45.9 Å². The number of pyridine rings is 1. The molecule has 34 heavy (non-hydrogen) atoms. The summed E-state index contributed by atoms with van der Waals surface area (Å²) in [6, 6.07) is 6.81. The molecule has 0 unspecified atom stereocenters. The number of nitrogens with zero attached hydrogens (tertiary/aromatic N) is 1. The number of fused-ring (bicyclic) bond motifs is 2. The third-order valence-corrected chi connectivity index (χ3v) is 5.55. The van der Waals surface area contributed by atoms with Gasteiger partial charge in [0.25, 0.3) is 5.91 Å². The van der Waals surface area contributed by atoms with E-state index >= 15 is 0 Å². The largest absolute Gasteiger partial charge is 0.504 e. The zero-order valence-corrected chi connectivity index (χ0v) is 17.0. The number of hydrogen-bond donors (Lipinski definition) is 2. The third-order valence-electron chi connectivity index (χ3n) is 5.55. The quantitative estimate of drug-likeness (QED) is 0.315. The van der Waals surface area contributed by atoms with Crippen LogP contribution in [-0.4, -0.2) is 16.0 Å². The minimum atomic E-state index is -4.66. The van der Waals surface area contributed by atoms with Crippen LogP contribution in [0.15, 0.2) is 46.9 Å². The first kappa shape index (κ1) is 22.1. The predicted molar refractivity (Wildman–Crippen MR) is 109 cm³/mol. The van der Waals surface area contributed by atoms with E-state index in [9.17, 15) is 36.2 Å². The van der Waals surface area contributed by atoms with Crippen LogP contribution in [0.4, 0.5) is 32.2 Å². The van der Waals surface area contributed by atoms with Gasteiger partial charge in [0, 0.05) is 23.2 Å². The molecule has 2 N–H and O–H groups in total. The Labute approximate surface area is 187 Å². The molecule has 0 radical (unpaired) electrons. The number of carbonyl (C=O) groups excluding carboxylic acids is 1. The SMILES string of the molecule is O=C(Nc1cc(C(F)(F)F)cc(C2CC2)n1)c1c(-c2cccc(C(F)(F)F)c2)c2oc1cc2O. The summed E-state index contributed by atoms with van der Waals surface area (Å²) in [5, 5.41) is 12.4. The van der Waals surface area contributed by atoms with Gasteiger partial charge in [-0.1, -0.05) is 12.1 Å². The fourth-order valence-electron chi connectivity index (χ4n) is 3.82. The van der Waals surface area contributed by atoms with E-state index in [0.29, 0.717) is 18.9 Å². The summed E-state index contributed by atoms with van der Waals surface area (Å²) in [6.45, 7) is 0. The molecule has 1 amide bonds. The average molecular weight is 480 g/mol. The summed E-state index contributed by atoms with van der Waals surface area (Å²) in [5.74, 6) is -1.80. The number of rotatable bonds is 4. The van der Waals surface area contributed by atoms with E-state index in [0.717, 1.165) is 30.3 Å². The zero-order valence-electron chi connectivity index (χ0n) is 17.0. The van der Waals surface area contributed by atoms with Gasteiger partial charge in [-0.05, 0) is 42.7 Å². The lowest BCUT2D eigenvalue weighted by Crippen LogP contribution is -2.16. The Balaban J connectivity index is 1.57. The first-order chi connectivity index (χ1) is 15.9. The van der Waals surface area contributed by atoms with Gasteiger partial charge < -0.3 is 14.8 Å². The van der Waals surface area contributed by atoms with Gasteiger partial charge in [-0.15, -0.1) is 0 Å². The van der Waals surface area contributed by atoms with Gasteiger partial charge in [0.05, 0.1) is 16.7 Å². The van der Waals surface area contributed by atoms with Crippen LogP contribution in [-0.2, 0) is 12.4 Å². The Morgan fingerprint density at radius 1 is 1.00 bits per heavy atom. The van der Waals surface area contributed by atoms with Crippen molar-refractivity contribution < 1.29 is 40.7 Å². The predicted octanol–water partition coefficient (Wildman–Crippen LogP) is 6.81. The van der Waals surface area contributed by atoms with Crippen LogP contribution in [0.2, 0.25) is 0 Å². The fraction of sp³-hybridized carbons (Fsp3) is 0.217. The number of nitrogens with one attached hydrogen (secondary N) is 1. The molecule has 176 valence electrons. The lowest BCUT2D eigenvalue weighted by Gasteiger charge is -2.13. The summed E-state index contributed by atoms with van der Waals surface area (Å²) in [6.07, 6.45) is -7.96. The molecular formula is C23H14F6N2O3. The number of aromatic hydroxyl groups is 1. The molecule has 0 aliphatic heterocycles. The van der Waals surface area contributed by atoms with E-state index in [1.54, 1.807) is 0 Å². The Bertz CT molecular complexity index is 1400. The van der Waals surface area contributed by atoms with E-state index in [1.807, 2.05) is 0 Å². The lowest BCUT2D eigenvalue weighted by molar-refractivity contribution is -0.138. The second kappa shape index (κ2) is 7.37. The number of amides is 1. The number of phenols is 1. The van der Waals surface area contributed by atoms with E-state index in [-0.39, 0.29) is 51.0 Å². The molecule has 11 heteroatoms. The minimum Gasteiger partial charge on any atom is -0.504 e. The van der Waals surface area contributed by atoms with E-state index in [1.165, 1.54) is 6.07 Å². The van der Waals surface area contributed by atoms with Crippen molar-refractivity contribution in [2.45, 2.75) is 31.1 Å². The maximum atomic E-state index is 13.3. The molecule has 0 saturated heterocycles. The Morgan fingerprint density at radius 3 is 2.35 bits per heavy atom. The number of aromatic nitrogens is 1. The number of anilines is 1. The van der Waals surface area contributed by atoms with Gasteiger partial charge in [-0.3, -0.25) is 4.79 Å². The van der Waals surface area contributed by atoms with Gasteiger partial charge in [-0.2, -0.15) is 26.3 Å². The number of hydrogen-bond acceptors (Lipinski definition) is 4. The Morgan fingerprint density at radius 2 is 1.71 bits per heavy atom. The molecule has 4 aromatic rings. The molecule has 1 saturated carbocycles. The van der Waals surface area contributed by atoms with Crippen LogP contribution in [0.25, 0.3) is 22.3 Å². The van der Waals surface area contributed by atoms with Gasteiger partial charge >= 0.3 is 12.4 Å². The molecule has 1 aromatic carbocycles. The van der Waals surface area contributed by atoms with Crippen molar-refractivity contribution in [1.82, 2.24) is 4.98 Å². The standard InChI is InChI=1S/C23H14F6N2O3/c24-22(25,26)12-3-1-2-11(6-12)18-19(16-9-15(32)20(18)34-16)21(33)31-17-8-13(23(27,28)29)7-14(30-17)10-4-5-10/h1-3,6-10,32H,4-5H2,(H,30,31,33). The molecule has 3 aromatic heterocycles. The molecule has 1 aliphatic carbocycles. The molecule has 2 bridgehead atoms. The molecule has 0 atom stereocenters. The van der Waals surface area contributed by atoms with Crippen molar-refractivity contribution in [3.63, 3.8) is 0 Å². The minimum absolute atomic E-state index is 0.0553. The van der Waals surface area contributed by atoms with Crippen LogP contribution in [0.5, 0.6) is 5.75 Å². The summed E-state index contributed by atoms with van der Waals surface area (Å²) < 4.78 is 85.0. The van der Waals surface area contributed by atoms with Crippen LogP contribution in [0, 0.1) is 0 Å². The third kappa shape index (κ3) is 3.91. The first-order valence-electron chi connectivity index (χ1n) is 10.1. The Kier molecular flexibility index (Phi) is 4.78. The molecule has 3 heterocycles. The lowest BCUT2D eigenvalue weighted by atomic mass is 9.97. The summed E-state index contributed by atoms with van der Waals surface area (Å²) in [4.78, 5) is 17.2. The summed E-state index contributed by atoms with van der Waals surface area (Å²) >= 11 is 0. The van der Waals surface area contributed by atoms with Crippen molar-refractivity contribution in [3.05, 3.63) is 64.8 Å². The molecule has 1 fully saturated rings. The maximum Gasteiger partial charge on any atom is 0.416 e. The highest BCUT2D eigenvalue weighted by molar-refractivity contribution is 6.17. The number of carbonyl (C=O) groups is 1. The summed E-state index contributed by atoms with van der Waals surface area (Å²) in [7, 11) is 0. The smallest absolute Gasteiger partial charge is 0.416 e. The van der Waals surface area contributed by atoms with E-state index < -0.39 is 29.4 Å². The van der Waals surface area contributed by atoms with Gasteiger partial charge in [0.1, 0.15) is 11.4 Å². The second-order valence-corrected chi connectivity index (χ2v) is 8.05. The number of benzene rings is 2. The highest BCUT2D eigenvalue weighted by Crippen LogP contribution is 2.45. The fourth-order valence-corrected chi connectivity index (χ4v) is 3.82. The second-order valence-electron chi connectivity index (χ2n) is 8.05. The number of phenolic OH excluding ortho intramolecular Hbond substituents is 1. The van der Waals surface area contributed by atoms with Crippen molar-refractivity contribution >= 4 is 22.9 Å². The van der Waals surface area contributed by atoms with E-state index in [2.05, 4.69) is 10.3 Å². The number of halogens is 6. The van der Waals surface area contributed by atoms with Crippen molar-refractivity contribution in [2.24, 2.45) is 0 Å². The number of alkyl halides is 6. The highest BCUT2D eigenvalue weighted by Gasteiger charge is 2.36. The molecule has 0 spiro atoms. The number of furan rings is 2. The van der Waals surface area contributed by atoms with Gasteiger partial charge in [-0.25, -0.2) is 4.98 Å². The van der Waals surface area contributed by atoms with Gasteiger partial charge in [0.15, 0.2) is 11.3 Å². The van der Waals surface area contributed by atoms with Crippen LogP contribution < -0.4 is 5.32 Å². The highest BCUT2D eigenvalue weighted by atomic mass is 19.4. The monoisotopic (exact) mass is 480 g/mol. The topological polar surface area (TPSA) is 75.4 Å². The van der Waals surface area contributed by atoms with Crippen LogP contribution in [0.3, 0.4) is 0 Å². The maximum absolute atomic E-state index is 13.3. The van der Waals surface area contributed by atoms with Gasteiger partial charge in [0.2, 0.25) is 0 Å². The molecule has 1 aliphatic rings. The van der Waals surface area contributed by atoms with Crippen molar-refractivity contribution in [1.29, 1.82) is 0 Å². The van der Waals surface area contributed by atoms with E-state index in [4.69, 9.17) is 4.42 Å². The molecule has 5 rings (SSSR count). The van der Waals surface area contributed by atoms with Crippen LogP contribution >= 0.6 is 0 Å². The normalized spacial score (nSPS) is 14.6. The summed E-state index contributed by atoms with van der Waals surface area (Å²) in [5.41, 5.74) is -2.49. The van der Waals surface area contributed by atoms with Crippen molar-refractivity contribution in [3.8, 4) is 16.9 Å². The Hall–Kier alpha value is -3.76.